The van der Waals surface area contributed by atoms with Gasteiger partial charge in [-0.05, 0) is 26.0 Å². The van der Waals surface area contributed by atoms with Gasteiger partial charge < -0.3 is 9.42 Å². The highest BCUT2D eigenvalue weighted by Gasteiger charge is 2.34. The lowest BCUT2D eigenvalue weighted by Gasteiger charge is -2.34. The van der Waals surface area contributed by atoms with Gasteiger partial charge in [-0.2, -0.15) is 4.31 Å². The minimum absolute atomic E-state index is 0.0175. The van der Waals surface area contributed by atoms with Gasteiger partial charge >= 0.3 is 0 Å². The van der Waals surface area contributed by atoms with Crippen LogP contribution in [0.15, 0.2) is 27.6 Å². The minimum Gasteiger partial charge on any atom is -0.361 e. The molecule has 2 aromatic rings. The third kappa shape index (κ3) is 4.62. The molecule has 0 bridgehead atoms. The van der Waals surface area contributed by atoms with Crippen LogP contribution in [0.1, 0.15) is 17.0 Å². The molecule has 1 saturated heterocycles. The number of carbonyl (C=O) groups excluding carboxylic acids is 1. The van der Waals surface area contributed by atoms with Crippen molar-refractivity contribution in [2.24, 2.45) is 0 Å². The van der Waals surface area contributed by atoms with E-state index in [9.17, 15) is 22.0 Å². The second-order valence-corrected chi connectivity index (χ2v) is 9.49. The SMILES string of the molecule is Cc1noc(C)c1CSCC(=O)N1CCN(S(=O)(=O)c2c(F)cccc2F)CC1. The molecule has 3 rings (SSSR count). The maximum Gasteiger partial charge on any atom is 0.249 e. The third-order valence-electron chi connectivity index (χ3n) is 4.76. The summed E-state index contributed by atoms with van der Waals surface area (Å²) in [6, 6.07) is 2.93. The van der Waals surface area contributed by atoms with Crippen LogP contribution in [0, 0.1) is 25.5 Å². The molecule has 0 radical (unpaired) electrons. The second kappa shape index (κ2) is 8.80. The van der Waals surface area contributed by atoms with E-state index in [1.54, 1.807) is 4.90 Å². The van der Waals surface area contributed by atoms with Crippen LogP contribution < -0.4 is 0 Å². The molecule has 1 aromatic carbocycles. The number of carbonyl (C=O) groups is 1. The highest BCUT2D eigenvalue weighted by Crippen LogP contribution is 2.24. The number of aryl methyl sites for hydroxylation is 2. The number of amides is 1. The summed E-state index contributed by atoms with van der Waals surface area (Å²) in [6.45, 7) is 3.95. The van der Waals surface area contributed by atoms with Crippen molar-refractivity contribution in [2.75, 3.05) is 31.9 Å². The predicted molar refractivity (Wildman–Crippen MR) is 104 cm³/mol. The van der Waals surface area contributed by atoms with E-state index in [0.717, 1.165) is 39.5 Å². The van der Waals surface area contributed by atoms with E-state index in [0.29, 0.717) is 5.75 Å². The summed E-state index contributed by atoms with van der Waals surface area (Å²) in [7, 11) is -4.31. The first-order chi connectivity index (χ1) is 13.7. The number of aromatic nitrogens is 1. The van der Waals surface area contributed by atoms with E-state index in [2.05, 4.69) is 5.16 Å². The van der Waals surface area contributed by atoms with Crippen LogP contribution >= 0.6 is 11.8 Å². The van der Waals surface area contributed by atoms with Gasteiger partial charge in [-0.1, -0.05) is 11.2 Å². The monoisotopic (exact) mass is 445 g/mol. The Kier molecular flexibility index (Phi) is 6.59. The third-order valence-corrected chi connectivity index (χ3v) is 7.66. The lowest BCUT2D eigenvalue weighted by Crippen LogP contribution is -2.51. The number of sulfonamides is 1. The van der Waals surface area contributed by atoms with Crippen LogP contribution in [0.5, 0.6) is 0 Å². The van der Waals surface area contributed by atoms with Gasteiger partial charge in [0.05, 0.1) is 11.4 Å². The van der Waals surface area contributed by atoms with Crippen molar-refractivity contribution in [3.05, 3.63) is 46.9 Å². The van der Waals surface area contributed by atoms with E-state index >= 15 is 0 Å². The smallest absolute Gasteiger partial charge is 0.249 e. The zero-order chi connectivity index (χ0) is 21.2. The molecule has 0 saturated carbocycles. The molecule has 158 valence electrons. The van der Waals surface area contributed by atoms with Crippen molar-refractivity contribution in [1.29, 1.82) is 0 Å². The van der Waals surface area contributed by atoms with Crippen molar-refractivity contribution in [3.63, 3.8) is 0 Å². The lowest BCUT2D eigenvalue weighted by atomic mass is 10.2. The molecule has 1 aliphatic heterocycles. The minimum atomic E-state index is -4.31. The highest BCUT2D eigenvalue weighted by molar-refractivity contribution is 7.99. The molecule has 29 heavy (non-hydrogen) atoms. The number of thioether (sulfide) groups is 1. The standard InChI is InChI=1S/C18H21F2N3O4S2/c1-12-14(13(2)27-21-12)10-28-11-17(24)22-6-8-23(9-7-22)29(25,26)18-15(19)4-3-5-16(18)20/h3-5H,6-11H2,1-2H3. The van der Waals surface area contributed by atoms with Crippen LogP contribution in [0.2, 0.25) is 0 Å². The lowest BCUT2D eigenvalue weighted by molar-refractivity contribution is -0.129. The van der Waals surface area contributed by atoms with E-state index in [1.165, 1.54) is 11.8 Å². The molecule has 0 atom stereocenters. The number of hydrogen-bond donors (Lipinski definition) is 0. The molecule has 11 heteroatoms. The molecular formula is C18H21F2N3O4S2. The normalized spacial score (nSPS) is 15.7. The largest absolute Gasteiger partial charge is 0.361 e. The van der Waals surface area contributed by atoms with Gasteiger partial charge in [-0.25, -0.2) is 17.2 Å². The van der Waals surface area contributed by atoms with Crippen LogP contribution in [-0.4, -0.2) is 60.6 Å². The Balaban J connectivity index is 1.55. The molecule has 0 unspecified atom stereocenters. The molecular weight excluding hydrogens is 424 g/mol. The Bertz CT molecular complexity index is 963. The van der Waals surface area contributed by atoms with Gasteiger partial charge in [-0.3, -0.25) is 4.79 Å². The number of piperazine rings is 1. The fraction of sp³-hybridized carbons (Fsp3) is 0.444. The second-order valence-electron chi connectivity index (χ2n) is 6.63. The fourth-order valence-electron chi connectivity index (χ4n) is 3.08. The molecule has 0 spiro atoms. The van der Waals surface area contributed by atoms with Crippen molar-refractivity contribution >= 4 is 27.7 Å². The first-order valence-electron chi connectivity index (χ1n) is 8.93. The Morgan fingerprint density at radius 3 is 2.34 bits per heavy atom. The zero-order valence-corrected chi connectivity index (χ0v) is 17.7. The summed E-state index contributed by atoms with van der Waals surface area (Å²) in [5, 5.41) is 3.87. The van der Waals surface area contributed by atoms with Gasteiger partial charge in [0.1, 0.15) is 17.4 Å². The van der Waals surface area contributed by atoms with Gasteiger partial charge in [0.15, 0.2) is 4.90 Å². The van der Waals surface area contributed by atoms with Gasteiger partial charge in [0.25, 0.3) is 0 Å². The number of rotatable bonds is 6. The maximum absolute atomic E-state index is 13.9. The summed E-state index contributed by atoms with van der Waals surface area (Å²) in [4.78, 5) is 13.0. The van der Waals surface area contributed by atoms with Crippen LogP contribution in [0.25, 0.3) is 0 Å². The summed E-state index contributed by atoms with van der Waals surface area (Å²) in [5.41, 5.74) is 1.76. The van der Waals surface area contributed by atoms with Crippen LogP contribution in [-0.2, 0) is 20.6 Å². The molecule has 1 amide bonds. The topological polar surface area (TPSA) is 83.7 Å². The number of hydrogen-bond acceptors (Lipinski definition) is 6. The average Bonchev–Trinajstić information content (AvgIpc) is 2.99. The first-order valence-corrected chi connectivity index (χ1v) is 11.5. The molecule has 0 N–H and O–H groups in total. The Morgan fingerprint density at radius 2 is 1.79 bits per heavy atom. The summed E-state index contributed by atoms with van der Waals surface area (Å²) in [5.74, 6) is -0.817. The maximum atomic E-state index is 13.9. The molecule has 7 nitrogen and oxygen atoms in total. The Labute approximate surface area is 172 Å². The number of benzene rings is 1. The first kappa shape index (κ1) is 21.7. The van der Waals surface area contributed by atoms with E-state index < -0.39 is 26.6 Å². The highest BCUT2D eigenvalue weighted by atomic mass is 32.2. The van der Waals surface area contributed by atoms with Crippen LogP contribution in [0.3, 0.4) is 0 Å². The average molecular weight is 446 g/mol. The van der Waals surface area contributed by atoms with Crippen molar-refractivity contribution in [3.8, 4) is 0 Å². The summed E-state index contributed by atoms with van der Waals surface area (Å²) < 4.78 is 59.1. The molecule has 1 fully saturated rings. The van der Waals surface area contributed by atoms with Gasteiger partial charge in [-0.15, -0.1) is 11.8 Å². The van der Waals surface area contributed by atoms with E-state index in [4.69, 9.17) is 4.52 Å². The Hall–Kier alpha value is -1.98. The van der Waals surface area contributed by atoms with E-state index in [1.807, 2.05) is 13.8 Å². The number of halogens is 2. The van der Waals surface area contributed by atoms with Crippen molar-refractivity contribution < 1.29 is 26.5 Å². The molecule has 1 aromatic heterocycles. The molecule has 1 aliphatic rings. The predicted octanol–water partition coefficient (Wildman–Crippen LogP) is 2.34. The molecule has 2 heterocycles. The van der Waals surface area contributed by atoms with E-state index in [-0.39, 0.29) is 37.8 Å². The van der Waals surface area contributed by atoms with Gasteiger partial charge in [0, 0.05) is 37.5 Å². The number of nitrogens with zero attached hydrogens (tertiary/aromatic N) is 3. The van der Waals surface area contributed by atoms with Crippen LogP contribution in [0.4, 0.5) is 8.78 Å². The van der Waals surface area contributed by atoms with Gasteiger partial charge in [0.2, 0.25) is 15.9 Å². The zero-order valence-electron chi connectivity index (χ0n) is 16.0. The van der Waals surface area contributed by atoms with Crippen molar-refractivity contribution in [2.45, 2.75) is 24.5 Å². The quantitative estimate of drug-likeness (QED) is 0.679. The van der Waals surface area contributed by atoms with Crippen molar-refractivity contribution in [1.82, 2.24) is 14.4 Å². The Morgan fingerprint density at radius 1 is 1.17 bits per heavy atom. The summed E-state index contributed by atoms with van der Waals surface area (Å²) in [6.07, 6.45) is 0. The summed E-state index contributed by atoms with van der Waals surface area (Å²) >= 11 is 1.43. The fourth-order valence-corrected chi connectivity index (χ4v) is 5.68. The molecule has 0 aliphatic carbocycles.